The minimum absolute atomic E-state index is 0.140. The van der Waals surface area contributed by atoms with Gasteiger partial charge in [0, 0.05) is 18.5 Å². The molecule has 2 unspecified atom stereocenters. The highest BCUT2D eigenvalue weighted by Crippen LogP contribution is 2.31. The fourth-order valence-corrected chi connectivity index (χ4v) is 2.38. The zero-order chi connectivity index (χ0) is 13.1. The number of aliphatic hydroxyl groups is 1. The number of rotatable bonds is 5. The van der Waals surface area contributed by atoms with Crippen molar-refractivity contribution >= 4 is 5.97 Å². The van der Waals surface area contributed by atoms with Crippen LogP contribution in [0.2, 0.25) is 0 Å². The normalized spacial score (nSPS) is 25.8. The summed E-state index contributed by atoms with van der Waals surface area (Å²) < 4.78 is 4.86. The van der Waals surface area contributed by atoms with E-state index in [4.69, 9.17) is 4.74 Å². The number of hydrogen-bond acceptors (Lipinski definition) is 4. The Labute approximate surface area is 104 Å². The third kappa shape index (κ3) is 3.42. The first-order valence-corrected chi connectivity index (χ1v) is 6.42. The van der Waals surface area contributed by atoms with Gasteiger partial charge in [0.25, 0.3) is 0 Å². The van der Waals surface area contributed by atoms with E-state index in [9.17, 15) is 9.90 Å². The minimum Gasteiger partial charge on any atom is -0.468 e. The van der Waals surface area contributed by atoms with E-state index in [2.05, 4.69) is 11.8 Å². The Morgan fingerprint density at radius 2 is 2.24 bits per heavy atom. The van der Waals surface area contributed by atoms with E-state index in [0.717, 1.165) is 25.8 Å². The molecule has 0 spiro atoms. The first kappa shape index (κ1) is 14.5. The fraction of sp³-hybridized carbons (Fsp3) is 0.923. The van der Waals surface area contributed by atoms with Crippen molar-refractivity contribution in [3.8, 4) is 0 Å². The molecule has 0 saturated carbocycles. The molecule has 0 aliphatic carbocycles. The molecule has 4 nitrogen and oxygen atoms in total. The Balaban J connectivity index is 2.68. The summed E-state index contributed by atoms with van der Waals surface area (Å²) in [5.41, 5.74) is -0.140. The van der Waals surface area contributed by atoms with E-state index < -0.39 is 0 Å². The van der Waals surface area contributed by atoms with Gasteiger partial charge in [-0.1, -0.05) is 33.6 Å². The van der Waals surface area contributed by atoms with Crippen LogP contribution in [-0.4, -0.2) is 48.3 Å². The first-order chi connectivity index (χ1) is 7.92. The SMILES string of the molecule is CCCCC(C(=O)OC)N1CC(O)C(C)(C)C1. The van der Waals surface area contributed by atoms with Crippen molar-refractivity contribution in [3.05, 3.63) is 0 Å². The van der Waals surface area contributed by atoms with Crippen LogP contribution in [0.1, 0.15) is 40.0 Å². The molecular weight excluding hydrogens is 218 g/mol. The van der Waals surface area contributed by atoms with Gasteiger partial charge in [0.2, 0.25) is 0 Å². The van der Waals surface area contributed by atoms with Gasteiger partial charge in [-0.2, -0.15) is 0 Å². The zero-order valence-corrected chi connectivity index (χ0v) is 11.4. The Morgan fingerprint density at radius 1 is 1.59 bits per heavy atom. The maximum Gasteiger partial charge on any atom is 0.323 e. The average Bonchev–Trinajstić information content (AvgIpc) is 2.53. The summed E-state index contributed by atoms with van der Waals surface area (Å²) in [6, 6.07) is -0.198. The molecule has 1 fully saturated rings. The van der Waals surface area contributed by atoms with Crippen LogP contribution in [0.3, 0.4) is 0 Å². The van der Waals surface area contributed by atoms with Crippen LogP contribution in [0.25, 0.3) is 0 Å². The number of carbonyl (C=O) groups excluding carboxylic acids is 1. The van der Waals surface area contributed by atoms with Crippen LogP contribution >= 0.6 is 0 Å². The molecular formula is C13H25NO3. The molecule has 17 heavy (non-hydrogen) atoms. The van der Waals surface area contributed by atoms with E-state index in [-0.39, 0.29) is 23.5 Å². The smallest absolute Gasteiger partial charge is 0.323 e. The summed E-state index contributed by atoms with van der Waals surface area (Å²) in [6.07, 6.45) is 2.52. The molecule has 4 heteroatoms. The third-order valence-electron chi connectivity index (χ3n) is 3.67. The van der Waals surface area contributed by atoms with Gasteiger partial charge in [-0.05, 0) is 6.42 Å². The number of ether oxygens (including phenoxy) is 1. The number of β-amino-alcohol motifs (C(OH)–C–C–N with tert-alkyl or cyclic N) is 1. The molecule has 1 aliphatic heterocycles. The van der Waals surface area contributed by atoms with Crippen LogP contribution in [-0.2, 0) is 9.53 Å². The van der Waals surface area contributed by atoms with Gasteiger partial charge in [0.1, 0.15) is 6.04 Å². The molecule has 1 N–H and O–H groups in total. The van der Waals surface area contributed by atoms with Gasteiger partial charge in [-0.15, -0.1) is 0 Å². The highest BCUT2D eigenvalue weighted by atomic mass is 16.5. The lowest BCUT2D eigenvalue weighted by molar-refractivity contribution is -0.147. The van der Waals surface area contributed by atoms with Crippen LogP contribution in [0.5, 0.6) is 0 Å². The van der Waals surface area contributed by atoms with Crippen LogP contribution < -0.4 is 0 Å². The molecule has 0 aromatic carbocycles. The molecule has 100 valence electrons. The molecule has 0 bridgehead atoms. The molecule has 0 radical (unpaired) electrons. The molecule has 0 aromatic rings. The van der Waals surface area contributed by atoms with Crippen molar-refractivity contribution in [1.82, 2.24) is 4.90 Å². The first-order valence-electron chi connectivity index (χ1n) is 6.42. The number of esters is 1. The number of likely N-dealkylation sites (tertiary alicyclic amines) is 1. The average molecular weight is 243 g/mol. The van der Waals surface area contributed by atoms with E-state index in [1.165, 1.54) is 7.11 Å². The van der Waals surface area contributed by atoms with E-state index in [0.29, 0.717) is 6.54 Å². The van der Waals surface area contributed by atoms with Gasteiger partial charge in [-0.25, -0.2) is 0 Å². The van der Waals surface area contributed by atoms with Crippen molar-refractivity contribution in [2.24, 2.45) is 5.41 Å². The van der Waals surface area contributed by atoms with E-state index >= 15 is 0 Å². The van der Waals surface area contributed by atoms with Crippen LogP contribution in [0.4, 0.5) is 0 Å². The molecule has 1 heterocycles. The number of hydrogen-bond donors (Lipinski definition) is 1. The second-order valence-electron chi connectivity index (χ2n) is 5.62. The zero-order valence-electron chi connectivity index (χ0n) is 11.4. The molecule has 1 rings (SSSR count). The molecule has 2 atom stereocenters. The van der Waals surface area contributed by atoms with Crippen molar-refractivity contribution in [2.45, 2.75) is 52.2 Å². The molecule has 0 amide bonds. The Kier molecular flexibility index (Phi) is 4.95. The van der Waals surface area contributed by atoms with Gasteiger partial charge in [-0.3, -0.25) is 9.69 Å². The third-order valence-corrected chi connectivity index (χ3v) is 3.67. The Bertz CT molecular complexity index is 265. The Morgan fingerprint density at radius 3 is 2.65 bits per heavy atom. The highest BCUT2D eigenvalue weighted by molar-refractivity contribution is 5.75. The lowest BCUT2D eigenvalue weighted by atomic mass is 9.90. The maximum absolute atomic E-state index is 11.8. The van der Waals surface area contributed by atoms with Crippen molar-refractivity contribution < 1.29 is 14.6 Å². The van der Waals surface area contributed by atoms with Crippen molar-refractivity contribution in [1.29, 1.82) is 0 Å². The number of methoxy groups -OCH3 is 1. The predicted molar refractivity (Wildman–Crippen MR) is 66.7 cm³/mol. The fourth-order valence-electron chi connectivity index (χ4n) is 2.38. The predicted octanol–water partition coefficient (Wildman–Crippen LogP) is 1.42. The second-order valence-corrected chi connectivity index (χ2v) is 5.62. The summed E-state index contributed by atoms with van der Waals surface area (Å²) in [6.45, 7) is 7.49. The Hall–Kier alpha value is -0.610. The number of aliphatic hydroxyl groups excluding tert-OH is 1. The van der Waals surface area contributed by atoms with Crippen LogP contribution in [0, 0.1) is 5.41 Å². The summed E-state index contributed by atoms with van der Waals surface area (Å²) in [5.74, 6) is -0.177. The maximum atomic E-state index is 11.8. The number of carbonyl (C=O) groups is 1. The lowest BCUT2D eigenvalue weighted by Gasteiger charge is -2.26. The van der Waals surface area contributed by atoms with E-state index in [1.54, 1.807) is 0 Å². The number of nitrogens with zero attached hydrogens (tertiary/aromatic N) is 1. The van der Waals surface area contributed by atoms with Gasteiger partial charge in [0.05, 0.1) is 13.2 Å². The standard InChI is InChI=1S/C13H25NO3/c1-5-6-7-10(12(16)17-4)14-8-11(15)13(2,3)9-14/h10-11,15H,5-9H2,1-4H3. The second kappa shape index (κ2) is 5.83. The minimum atomic E-state index is -0.365. The lowest BCUT2D eigenvalue weighted by Crippen LogP contribution is -2.41. The molecule has 1 aliphatic rings. The molecule has 1 saturated heterocycles. The summed E-state index contributed by atoms with van der Waals surface area (Å²) >= 11 is 0. The van der Waals surface area contributed by atoms with Gasteiger partial charge in [0.15, 0.2) is 0 Å². The van der Waals surface area contributed by atoms with Gasteiger partial charge >= 0.3 is 5.97 Å². The summed E-state index contributed by atoms with van der Waals surface area (Å²) in [5, 5.41) is 9.96. The van der Waals surface area contributed by atoms with Crippen molar-refractivity contribution in [2.75, 3.05) is 20.2 Å². The summed E-state index contributed by atoms with van der Waals surface area (Å²) in [4.78, 5) is 13.8. The van der Waals surface area contributed by atoms with Crippen molar-refractivity contribution in [3.63, 3.8) is 0 Å². The highest BCUT2D eigenvalue weighted by Gasteiger charge is 2.42. The largest absolute Gasteiger partial charge is 0.468 e. The summed E-state index contributed by atoms with van der Waals surface area (Å²) in [7, 11) is 1.43. The van der Waals surface area contributed by atoms with E-state index in [1.807, 2.05) is 13.8 Å². The quantitative estimate of drug-likeness (QED) is 0.742. The number of unbranched alkanes of at least 4 members (excludes halogenated alkanes) is 1. The molecule has 0 aromatic heterocycles. The van der Waals surface area contributed by atoms with Crippen LogP contribution in [0.15, 0.2) is 0 Å². The monoisotopic (exact) mass is 243 g/mol. The van der Waals surface area contributed by atoms with Gasteiger partial charge < -0.3 is 9.84 Å². The topological polar surface area (TPSA) is 49.8 Å².